The van der Waals surface area contributed by atoms with Gasteiger partial charge in [0.25, 0.3) is 0 Å². The zero-order chi connectivity index (χ0) is 14.9. The first-order valence-electron chi connectivity index (χ1n) is 6.76. The van der Waals surface area contributed by atoms with Gasteiger partial charge in [-0.15, -0.1) is 0 Å². The van der Waals surface area contributed by atoms with E-state index in [4.69, 9.17) is 11.6 Å². The number of rotatable bonds is 4. The standard InChI is InChI=1S/C16H19ClN2O/c1-5-19-14(16(17)12(4)18-19)9-15(20)13-7-6-10(2)11(3)8-13/h6-8H,5,9H2,1-4H3. The number of carbonyl (C=O) groups excluding carboxylic acids is 1. The van der Waals surface area contributed by atoms with Crippen LogP contribution in [0.2, 0.25) is 5.02 Å². The van der Waals surface area contributed by atoms with Gasteiger partial charge in [0.2, 0.25) is 0 Å². The molecule has 0 amide bonds. The summed E-state index contributed by atoms with van der Waals surface area (Å²) in [6.45, 7) is 8.61. The van der Waals surface area contributed by atoms with Crippen LogP contribution in [0.5, 0.6) is 0 Å². The quantitative estimate of drug-likeness (QED) is 0.800. The number of hydrogen-bond acceptors (Lipinski definition) is 2. The number of halogens is 1. The summed E-state index contributed by atoms with van der Waals surface area (Å²) in [7, 11) is 0. The SMILES string of the molecule is CCn1nc(C)c(Cl)c1CC(=O)c1ccc(C)c(C)c1. The van der Waals surface area contributed by atoms with E-state index in [1.807, 2.05) is 45.9 Å². The van der Waals surface area contributed by atoms with Gasteiger partial charge in [0.05, 0.1) is 22.8 Å². The number of aromatic nitrogens is 2. The van der Waals surface area contributed by atoms with Gasteiger partial charge in [0.15, 0.2) is 5.78 Å². The maximum atomic E-state index is 12.4. The molecule has 0 radical (unpaired) electrons. The van der Waals surface area contributed by atoms with Gasteiger partial charge in [-0.1, -0.05) is 23.7 Å². The van der Waals surface area contributed by atoms with Gasteiger partial charge >= 0.3 is 0 Å². The first kappa shape index (κ1) is 14.8. The number of ketones is 1. The number of nitrogens with zero attached hydrogens (tertiary/aromatic N) is 2. The Bertz CT molecular complexity index is 659. The second-order valence-corrected chi connectivity index (χ2v) is 5.44. The van der Waals surface area contributed by atoms with Crippen molar-refractivity contribution in [1.29, 1.82) is 0 Å². The molecular weight excluding hydrogens is 272 g/mol. The Balaban J connectivity index is 2.30. The van der Waals surface area contributed by atoms with E-state index in [1.165, 1.54) is 5.56 Å². The van der Waals surface area contributed by atoms with E-state index in [0.717, 1.165) is 22.5 Å². The van der Waals surface area contributed by atoms with Crippen LogP contribution in [0, 0.1) is 20.8 Å². The van der Waals surface area contributed by atoms with Crippen molar-refractivity contribution in [2.45, 2.75) is 40.7 Å². The zero-order valence-electron chi connectivity index (χ0n) is 12.3. The third-order valence-electron chi connectivity index (χ3n) is 3.61. The molecule has 1 aromatic heterocycles. The second-order valence-electron chi connectivity index (χ2n) is 5.06. The molecule has 0 N–H and O–H groups in total. The molecule has 0 aliphatic rings. The number of Topliss-reactive ketones (excluding diaryl/α,β-unsaturated/α-hetero) is 1. The molecule has 0 aliphatic carbocycles. The Morgan fingerprint density at radius 1 is 1.25 bits per heavy atom. The van der Waals surface area contributed by atoms with Crippen molar-refractivity contribution in [2.24, 2.45) is 0 Å². The third-order valence-corrected chi connectivity index (χ3v) is 4.10. The monoisotopic (exact) mass is 290 g/mol. The Morgan fingerprint density at radius 3 is 2.55 bits per heavy atom. The maximum absolute atomic E-state index is 12.4. The van der Waals surface area contributed by atoms with Crippen LogP contribution in [0.1, 0.15) is 39.8 Å². The van der Waals surface area contributed by atoms with E-state index >= 15 is 0 Å². The van der Waals surface area contributed by atoms with Gasteiger partial charge < -0.3 is 0 Å². The van der Waals surface area contributed by atoms with E-state index in [1.54, 1.807) is 4.68 Å². The molecule has 0 spiro atoms. The largest absolute Gasteiger partial charge is 0.294 e. The highest BCUT2D eigenvalue weighted by Gasteiger charge is 2.17. The van der Waals surface area contributed by atoms with Gasteiger partial charge in [-0.05, 0) is 44.9 Å². The average Bonchev–Trinajstić information content (AvgIpc) is 2.69. The van der Waals surface area contributed by atoms with Gasteiger partial charge in [-0.2, -0.15) is 5.10 Å². The number of carbonyl (C=O) groups is 1. The van der Waals surface area contributed by atoms with Gasteiger partial charge in [-0.25, -0.2) is 0 Å². The Labute approximate surface area is 124 Å². The molecule has 0 atom stereocenters. The van der Waals surface area contributed by atoms with E-state index in [9.17, 15) is 4.79 Å². The summed E-state index contributed by atoms with van der Waals surface area (Å²) >= 11 is 6.25. The van der Waals surface area contributed by atoms with Crippen LogP contribution in [0.4, 0.5) is 0 Å². The summed E-state index contributed by atoms with van der Waals surface area (Å²) in [6, 6.07) is 5.79. The van der Waals surface area contributed by atoms with Crippen molar-refractivity contribution in [1.82, 2.24) is 9.78 Å². The summed E-state index contributed by atoms with van der Waals surface area (Å²) in [5.74, 6) is 0.0737. The molecule has 0 unspecified atom stereocenters. The smallest absolute Gasteiger partial charge is 0.168 e. The van der Waals surface area contributed by atoms with Crippen LogP contribution in [-0.2, 0) is 13.0 Å². The normalized spacial score (nSPS) is 10.8. The molecule has 2 rings (SSSR count). The highest BCUT2D eigenvalue weighted by Crippen LogP contribution is 2.22. The van der Waals surface area contributed by atoms with Crippen LogP contribution in [-0.4, -0.2) is 15.6 Å². The first-order valence-corrected chi connectivity index (χ1v) is 7.14. The van der Waals surface area contributed by atoms with E-state index in [-0.39, 0.29) is 12.2 Å². The van der Waals surface area contributed by atoms with Crippen molar-refractivity contribution in [3.05, 3.63) is 51.3 Å². The zero-order valence-corrected chi connectivity index (χ0v) is 13.1. The Morgan fingerprint density at radius 2 is 1.95 bits per heavy atom. The molecule has 0 fully saturated rings. The van der Waals surface area contributed by atoms with Gasteiger partial charge in [0, 0.05) is 12.1 Å². The van der Waals surface area contributed by atoms with Crippen molar-refractivity contribution >= 4 is 17.4 Å². The molecule has 106 valence electrons. The van der Waals surface area contributed by atoms with Crippen LogP contribution in [0.25, 0.3) is 0 Å². The fourth-order valence-corrected chi connectivity index (χ4v) is 2.41. The lowest BCUT2D eigenvalue weighted by Gasteiger charge is -2.07. The first-order chi connectivity index (χ1) is 9.43. The second kappa shape index (κ2) is 5.80. The molecule has 0 bridgehead atoms. The van der Waals surface area contributed by atoms with Crippen molar-refractivity contribution in [2.75, 3.05) is 0 Å². The highest BCUT2D eigenvalue weighted by atomic mass is 35.5. The molecule has 1 heterocycles. The van der Waals surface area contributed by atoms with E-state index < -0.39 is 0 Å². The molecule has 0 aliphatic heterocycles. The predicted molar refractivity (Wildman–Crippen MR) is 81.6 cm³/mol. The molecule has 0 saturated heterocycles. The molecule has 3 nitrogen and oxygen atoms in total. The van der Waals surface area contributed by atoms with Crippen LogP contribution in [0.3, 0.4) is 0 Å². The molecule has 4 heteroatoms. The summed E-state index contributed by atoms with van der Waals surface area (Å²) in [6.07, 6.45) is 0.288. The fourth-order valence-electron chi connectivity index (χ4n) is 2.21. The number of hydrogen-bond donors (Lipinski definition) is 0. The summed E-state index contributed by atoms with van der Waals surface area (Å²) in [5, 5.41) is 4.94. The van der Waals surface area contributed by atoms with Crippen LogP contribution in [0.15, 0.2) is 18.2 Å². The van der Waals surface area contributed by atoms with Gasteiger partial charge in [0.1, 0.15) is 0 Å². The molecular formula is C16H19ClN2O. The predicted octanol–water partition coefficient (Wildman–Crippen LogP) is 3.91. The molecule has 2 aromatic rings. The maximum Gasteiger partial charge on any atom is 0.168 e. The van der Waals surface area contributed by atoms with Crippen LogP contribution >= 0.6 is 11.6 Å². The summed E-state index contributed by atoms with van der Waals surface area (Å²) in [5.41, 5.74) is 4.62. The topological polar surface area (TPSA) is 34.9 Å². The minimum atomic E-state index is 0.0737. The van der Waals surface area contributed by atoms with Gasteiger partial charge in [-0.3, -0.25) is 9.48 Å². The van der Waals surface area contributed by atoms with Crippen molar-refractivity contribution in [3.63, 3.8) is 0 Å². The van der Waals surface area contributed by atoms with Crippen LogP contribution < -0.4 is 0 Å². The summed E-state index contributed by atoms with van der Waals surface area (Å²) < 4.78 is 1.80. The molecule has 1 aromatic carbocycles. The third kappa shape index (κ3) is 2.78. The van der Waals surface area contributed by atoms with Crippen molar-refractivity contribution in [3.8, 4) is 0 Å². The van der Waals surface area contributed by atoms with E-state index in [0.29, 0.717) is 11.6 Å². The fraction of sp³-hybridized carbons (Fsp3) is 0.375. The molecule has 20 heavy (non-hydrogen) atoms. The van der Waals surface area contributed by atoms with Crippen molar-refractivity contribution < 1.29 is 4.79 Å². The highest BCUT2D eigenvalue weighted by molar-refractivity contribution is 6.32. The lowest BCUT2D eigenvalue weighted by atomic mass is 10.0. The minimum absolute atomic E-state index is 0.0737. The Hall–Kier alpha value is -1.61. The lowest BCUT2D eigenvalue weighted by molar-refractivity contribution is 0.0990. The Kier molecular flexibility index (Phi) is 4.29. The minimum Gasteiger partial charge on any atom is -0.294 e. The number of aryl methyl sites for hydroxylation is 4. The molecule has 0 saturated carbocycles. The average molecular weight is 291 g/mol. The lowest BCUT2D eigenvalue weighted by Crippen LogP contribution is -2.10. The van der Waals surface area contributed by atoms with E-state index in [2.05, 4.69) is 5.10 Å². The number of benzene rings is 1. The summed E-state index contributed by atoms with van der Waals surface area (Å²) in [4.78, 5) is 12.4.